The first-order chi connectivity index (χ1) is 12.7. The number of phenols is 1. The molecule has 0 unspecified atom stereocenters. The number of aromatic hydroxyl groups is 1. The summed E-state index contributed by atoms with van der Waals surface area (Å²) in [6, 6.07) is 5.09. The molecule has 0 radical (unpaired) electrons. The van der Waals surface area contributed by atoms with E-state index in [0.717, 1.165) is 40.3 Å². The molecule has 0 spiro atoms. The van der Waals surface area contributed by atoms with E-state index < -0.39 is 0 Å². The molecule has 2 heterocycles. The summed E-state index contributed by atoms with van der Waals surface area (Å²) in [4.78, 5) is 11.6. The van der Waals surface area contributed by atoms with Gasteiger partial charge in [-0.3, -0.25) is 5.43 Å². The number of thiophene rings is 1. The molecule has 7 heteroatoms. The number of hydrogen-bond donors (Lipinski definition) is 2. The minimum atomic E-state index is 0.107. The number of anilines is 1. The molecular formula is C19H20N4O2S. The van der Waals surface area contributed by atoms with Gasteiger partial charge in [-0.05, 0) is 61.9 Å². The van der Waals surface area contributed by atoms with Crippen LogP contribution in [0.4, 0.5) is 5.82 Å². The molecule has 26 heavy (non-hydrogen) atoms. The van der Waals surface area contributed by atoms with Gasteiger partial charge in [0.25, 0.3) is 0 Å². The fourth-order valence-electron chi connectivity index (χ4n) is 3.29. The smallest absolute Gasteiger partial charge is 0.161 e. The molecule has 0 saturated carbocycles. The number of rotatable bonds is 4. The van der Waals surface area contributed by atoms with E-state index in [1.165, 1.54) is 30.4 Å². The lowest BCUT2D eigenvalue weighted by molar-refractivity contribution is 0.373. The Morgan fingerprint density at radius 3 is 2.96 bits per heavy atom. The van der Waals surface area contributed by atoms with Crippen LogP contribution in [-0.2, 0) is 12.8 Å². The van der Waals surface area contributed by atoms with Crippen LogP contribution < -0.4 is 10.2 Å². The highest BCUT2D eigenvalue weighted by Crippen LogP contribution is 2.38. The van der Waals surface area contributed by atoms with Crippen LogP contribution in [-0.4, -0.2) is 28.4 Å². The SMILES string of the molecule is COc1cc(/C=N\Nc2nc(C)nc3sc4c(c23)CCCC4)ccc1O. The normalized spacial score (nSPS) is 13.9. The molecule has 0 atom stereocenters. The molecule has 134 valence electrons. The quantitative estimate of drug-likeness (QED) is 0.537. The Kier molecular flexibility index (Phi) is 4.46. The second-order valence-electron chi connectivity index (χ2n) is 6.31. The minimum absolute atomic E-state index is 0.107. The van der Waals surface area contributed by atoms with Crippen LogP contribution in [0.2, 0.25) is 0 Å². The summed E-state index contributed by atoms with van der Waals surface area (Å²) >= 11 is 1.78. The van der Waals surface area contributed by atoms with Crippen molar-refractivity contribution >= 4 is 33.6 Å². The van der Waals surface area contributed by atoms with Crippen molar-refractivity contribution in [3.05, 3.63) is 40.0 Å². The van der Waals surface area contributed by atoms with Crippen molar-refractivity contribution in [2.24, 2.45) is 5.10 Å². The van der Waals surface area contributed by atoms with E-state index in [9.17, 15) is 5.11 Å². The van der Waals surface area contributed by atoms with Crippen molar-refractivity contribution in [2.45, 2.75) is 32.6 Å². The molecule has 0 amide bonds. The average Bonchev–Trinajstić information content (AvgIpc) is 3.01. The molecule has 0 aliphatic heterocycles. The van der Waals surface area contributed by atoms with Crippen molar-refractivity contribution in [1.82, 2.24) is 9.97 Å². The zero-order valence-electron chi connectivity index (χ0n) is 14.7. The maximum Gasteiger partial charge on any atom is 0.161 e. The molecule has 3 aromatic rings. The van der Waals surface area contributed by atoms with E-state index in [4.69, 9.17) is 4.74 Å². The van der Waals surface area contributed by atoms with Gasteiger partial charge in [0.05, 0.1) is 18.7 Å². The third-order valence-electron chi connectivity index (χ3n) is 4.51. The van der Waals surface area contributed by atoms with Crippen LogP contribution in [0, 0.1) is 6.92 Å². The number of hydrazone groups is 1. The van der Waals surface area contributed by atoms with Gasteiger partial charge in [-0.1, -0.05) is 0 Å². The van der Waals surface area contributed by atoms with Gasteiger partial charge in [0.1, 0.15) is 10.7 Å². The van der Waals surface area contributed by atoms with Crippen LogP contribution in [0.5, 0.6) is 11.5 Å². The van der Waals surface area contributed by atoms with Crippen LogP contribution in [0.1, 0.15) is 34.7 Å². The number of fused-ring (bicyclic) bond motifs is 3. The summed E-state index contributed by atoms with van der Waals surface area (Å²) in [6.45, 7) is 1.90. The molecule has 0 bridgehead atoms. The lowest BCUT2D eigenvalue weighted by Crippen LogP contribution is -2.02. The Morgan fingerprint density at radius 1 is 1.27 bits per heavy atom. The van der Waals surface area contributed by atoms with Crippen LogP contribution >= 0.6 is 11.3 Å². The first-order valence-electron chi connectivity index (χ1n) is 8.60. The molecule has 0 fully saturated rings. The molecule has 1 aromatic carbocycles. The van der Waals surface area contributed by atoms with Crippen molar-refractivity contribution in [3.8, 4) is 11.5 Å². The number of nitrogens with zero attached hydrogens (tertiary/aromatic N) is 3. The minimum Gasteiger partial charge on any atom is -0.504 e. The summed E-state index contributed by atoms with van der Waals surface area (Å²) < 4.78 is 5.12. The highest BCUT2D eigenvalue weighted by molar-refractivity contribution is 7.19. The van der Waals surface area contributed by atoms with Crippen molar-refractivity contribution in [3.63, 3.8) is 0 Å². The van der Waals surface area contributed by atoms with Crippen molar-refractivity contribution in [1.29, 1.82) is 0 Å². The Hall–Kier alpha value is -2.67. The molecule has 4 rings (SSSR count). The number of aryl methyl sites for hydroxylation is 3. The summed E-state index contributed by atoms with van der Waals surface area (Å²) in [7, 11) is 1.52. The number of aromatic nitrogens is 2. The molecular weight excluding hydrogens is 348 g/mol. The van der Waals surface area contributed by atoms with Gasteiger partial charge in [-0.15, -0.1) is 11.3 Å². The maximum atomic E-state index is 9.68. The largest absolute Gasteiger partial charge is 0.504 e. The number of benzene rings is 1. The molecule has 2 N–H and O–H groups in total. The van der Waals surface area contributed by atoms with E-state index >= 15 is 0 Å². The second-order valence-corrected chi connectivity index (χ2v) is 7.40. The van der Waals surface area contributed by atoms with Gasteiger partial charge < -0.3 is 9.84 Å². The standard InChI is InChI=1S/C19H20N4O2S/c1-11-21-18(17-13-5-3-4-6-16(13)26-19(17)22-11)23-20-10-12-7-8-14(24)15(9-12)25-2/h7-10,24H,3-6H2,1-2H3,(H,21,22,23)/b20-10-. The van der Waals surface area contributed by atoms with Crippen LogP contribution in [0.3, 0.4) is 0 Å². The third kappa shape index (κ3) is 3.10. The number of ether oxygens (including phenoxy) is 1. The fraction of sp³-hybridized carbons (Fsp3) is 0.316. The van der Waals surface area contributed by atoms with E-state index in [1.807, 2.05) is 6.92 Å². The van der Waals surface area contributed by atoms with Gasteiger partial charge in [0.2, 0.25) is 0 Å². The highest BCUT2D eigenvalue weighted by atomic mass is 32.1. The molecule has 1 aliphatic rings. The Morgan fingerprint density at radius 2 is 2.12 bits per heavy atom. The van der Waals surface area contributed by atoms with E-state index in [1.54, 1.807) is 35.8 Å². The second kappa shape index (κ2) is 6.92. The number of phenolic OH excluding ortho intramolecular Hbond substituents is 1. The Labute approximate surface area is 155 Å². The first kappa shape index (κ1) is 16.8. The molecule has 2 aromatic heterocycles. The van der Waals surface area contributed by atoms with Gasteiger partial charge in [0.15, 0.2) is 17.3 Å². The van der Waals surface area contributed by atoms with Gasteiger partial charge in [-0.2, -0.15) is 5.10 Å². The summed E-state index contributed by atoms with van der Waals surface area (Å²) in [5.41, 5.74) is 5.28. The van der Waals surface area contributed by atoms with Gasteiger partial charge in [-0.25, -0.2) is 9.97 Å². The average molecular weight is 368 g/mol. The number of hydrogen-bond acceptors (Lipinski definition) is 7. The van der Waals surface area contributed by atoms with Gasteiger partial charge in [0, 0.05) is 4.88 Å². The molecule has 0 saturated heterocycles. The summed E-state index contributed by atoms with van der Waals surface area (Å²) in [5.74, 6) is 2.02. The lowest BCUT2D eigenvalue weighted by atomic mass is 9.97. The predicted octanol–water partition coefficient (Wildman–Crippen LogP) is 4.04. The zero-order chi connectivity index (χ0) is 18.1. The van der Waals surface area contributed by atoms with E-state index in [0.29, 0.717) is 5.75 Å². The van der Waals surface area contributed by atoms with Crippen molar-refractivity contribution < 1.29 is 9.84 Å². The van der Waals surface area contributed by atoms with Gasteiger partial charge >= 0.3 is 0 Å². The van der Waals surface area contributed by atoms with Crippen molar-refractivity contribution in [2.75, 3.05) is 12.5 Å². The molecule has 6 nitrogen and oxygen atoms in total. The third-order valence-corrected chi connectivity index (χ3v) is 5.70. The Bertz CT molecular complexity index is 997. The maximum absolute atomic E-state index is 9.68. The monoisotopic (exact) mass is 368 g/mol. The van der Waals surface area contributed by atoms with Crippen LogP contribution in [0.15, 0.2) is 23.3 Å². The first-order valence-corrected chi connectivity index (χ1v) is 9.42. The Balaban J connectivity index is 1.66. The van der Waals surface area contributed by atoms with E-state index in [-0.39, 0.29) is 5.75 Å². The predicted molar refractivity (Wildman–Crippen MR) is 105 cm³/mol. The zero-order valence-corrected chi connectivity index (χ0v) is 15.6. The highest BCUT2D eigenvalue weighted by Gasteiger charge is 2.20. The van der Waals surface area contributed by atoms with Crippen LogP contribution in [0.25, 0.3) is 10.2 Å². The summed E-state index contributed by atoms with van der Waals surface area (Å²) in [6.07, 6.45) is 6.35. The lowest BCUT2D eigenvalue weighted by Gasteiger charge is -2.11. The fourth-order valence-corrected chi connectivity index (χ4v) is 4.59. The van der Waals surface area contributed by atoms with E-state index in [2.05, 4.69) is 20.5 Å². The summed E-state index contributed by atoms with van der Waals surface area (Å²) in [5, 5.41) is 15.1. The number of methoxy groups -OCH3 is 1. The topological polar surface area (TPSA) is 79.6 Å². The molecule has 1 aliphatic carbocycles. The number of nitrogens with one attached hydrogen (secondary N) is 1.